The molecule has 22 heavy (non-hydrogen) atoms. The summed E-state index contributed by atoms with van der Waals surface area (Å²) in [6, 6.07) is 5.22. The van der Waals surface area contributed by atoms with Gasteiger partial charge < -0.3 is 4.74 Å². The number of rotatable bonds is 5. The van der Waals surface area contributed by atoms with Gasteiger partial charge in [-0.25, -0.2) is 9.48 Å². The molecule has 4 nitrogen and oxygen atoms in total. The van der Waals surface area contributed by atoms with Gasteiger partial charge in [0.15, 0.2) is 0 Å². The zero-order valence-electron chi connectivity index (χ0n) is 13.0. The smallest absolute Gasteiger partial charge is 0.340 e. The van der Waals surface area contributed by atoms with E-state index in [1.807, 2.05) is 24.6 Å². The van der Waals surface area contributed by atoms with E-state index in [0.717, 1.165) is 23.5 Å². The van der Waals surface area contributed by atoms with Gasteiger partial charge in [-0.2, -0.15) is 5.10 Å². The van der Waals surface area contributed by atoms with Gasteiger partial charge in [0.05, 0.1) is 22.0 Å². The molecule has 0 aliphatic rings. The zero-order chi connectivity index (χ0) is 16.3. The third-order valence-electron chi connectivity index (χ3n) is 3.54. The summed E-state index contributed by atoms with van der Waals surface area (Å²) >= 11 is 6.10. The van der Waals surface area contributed by atoms with E-state index < -0.39 is 5.97 Å². The van der Waals surface area contributed by atoms with E-state index in [4.69, 9.17) is 16.3 Å². The average molecular weight is 319 g/mol. The zero-order valence-corrected chi connectivity index (χ0v) is 13.8. The minimum atomic E-state index is -0.469. The highest BCUT2D eigenvalue weighted by Gasteiger charge is 2.16. The molecule has 0 fully saturated rings. The highest BCUT2D eigenvalue weighted by molar-refractivity contribution is 6.33. The maximum absolute atomic E-state index is 12.0. The second kappa shape index (κ2) is 6.79. The lowest BCUT2D eigenvalue weighted by atomic mass is 10.1. The van der Waals surface area contributed by atoms with Crippen LogP contribution in [0, 0.1) is 13.8 Å². The number of aryl methyl sites for hydroxylation is 1. The highest BCUT2D eigenvalue weighted by Crippen LogP contribution is 2.23. The Morgan fingerprint density at radius 2 is 2.18 bits per heavy atom. The Morgan fingerprint density at radius 1 is 1.45 bits per heavy atom. The first-order valence-electron chi connectivity index (χ1n) is 7.12. The molecule has 1 aromatic carbocycles. The van der Waals surface area contributed by atoms with Crippen molar-refractivity contribution in [2.45, 2.75) is 27.2 Å². The van der Waals surface area contributed by atoms with Crippen LogP contribution in [-0.2, 0) is 11.2 Å². The minimum absolute atomic E-state index is 0.152. The summed E-state index contributed by atoms with van der Waals surface area (Å²) in [5.41, 5.74) is 4.38. The number of hydrogen-bond acceptors (Lipinski definition) is 3. The van der Waals surface area contributed by atoms with E-state index in [-0.39, 0.29) is 6.61 Å². The highest BCUT2D eigenvalue weighted by atomic mass is 35.5. The molecule has 0 saturated heterocycles. The largest absolute Gasteiger partial charge is 0.458 e. The van der Waals surface area contributed by atoms with E-state index >= 15 is 0 Å². The second-order valence-electron chi connectivity index (χ2n) is 4.97. The summed E-state index contributed by atoms with van der Waals surface area (Å²) in [6.07, 6.45) is 2.43. The van der Waals surface area contributed by atoms with Crippen molar-refractivity contribution in [2.75, 3.05) is 6.61 Å². The number of aromatic nitrogens is 2. The lowest BCUT2D eigenvalue weighted by Gasteiger charge is -2.09. The lowest BCUT2D eigenvalue weighted by Crippen LogP contribution is -2.08. The monoisotopic (exact) mass is 318 g/mol. The second-order valence-corrected chi connectivity index (χ2v) is 5.37. The molecule has 116 valence electrons. The maximum atomic E-state index is 12.0. The summed E-state index contributed by atoms with van der Waals surface area (Å²) < 4.78 is 6.89. The van der Waals surface area contributed by atoms with Crippen molar-refractivity contribution in [3.8, 4) is 5.69 Å². The fraction of sp³-hybridized carbons (Fsp3) is 0.294. The molecule has 1 aromatic heterocycles. The quantitative estimate of drug-likeness (QED) is 0.617. The third-order valence-corrected chi connectivity index (χ3v) is 3.87. The molecule has 0 radical (unpaired) electrons. The van der Waals surface area contributed by atoms with Crippen LogP contribution in [0.4, 0.5) is 0 Å². The molecule has 0 unspecified atom stereocenters. The lowest BCUT2D eigenvalue weighted by molar-refractivity contribution is 0.0550. The fourth-order valence-electron chi connectivity index (χ4n) is 2.45. The van der Waals surface area contributed by atoms with Crippen molar-refractivity contribution >= 4 is 17.6 Å². The summed E-state index contributed by atoms with van der Waals surface area (Å²) in [4.78, 5) is 12.0. The molecule has 5 heteroatoms. The average Bonchev–Trinajstić information content (AvgIpc) is 2.79. The van der Waals surface area contributed by atoms with Gasteiger partial charge in [0.1, 0.15) is 6.61 Å². The van der Waals surface area contributed by atoms with Crippen molar-refractivity contribution in [2.24, 2.45) is 0 Å². The van der Waals surface area contributed by atoms with Crippen LogP contribution in [0.2, 0.25) is 5.02 Å². The van der Waals surface area contributed by atoms with Crippen LogP contribution >= 0.6 is 11.6 Å². The summed E-state index contributed by atoms with van der Waals surface area (Å²) in [5.74, 6) is -0.469. The van der Waals surface area contributed by atoms with E-state index in [1.165, 1.54) is 11.6 Å². The fourth-order valence-corrected chi connectivity index (χ4v) is 2.65. The Labute approximate surface area is 135 Å². The van der Waals surface area contributed by atoms with Gasteiger partial charge in [-0.3, -0.25) is 0 Å². The van der Waals surface area contributed by atoms with Gasteiger partial charge in [0.2, 0.25) is 0 Å². The summed E-state index contributed by atoms with van der Waals surface area (Å²) in [7, 11) is 0. The van der Waals surface area contributed by atoms with Crippen LogP contribution in [-0.4, -0.2) is 22.4 Å². The van der Waals surface area contributed by atoms with Crippen molar-refractivity contribution in [1.29, 1.82) is 0 Å². The van der Waals surface area contributed by atoms with Crippen LogP contribution in [0.15, 0.2) is 30.9 Å². The van der Waals surface area contributed by atoms with Crippen molar-refractivity contribution < 1.29 is 9.53 Å². The van der Waals surface area contributed by atoms with Crippen LogP contribution in [0.5, 0.6) is 0 Å². The predicted molar refractivity (Wildman–Crippen MR) is 87.9 cm³/mol. The van der Waals surface area contributed by atoms with Crippen LogP contribution in [0.25, 0.3) is 5.69 Å². The Bertz CT molecular complexity index is 720. The molecule has 2 rings (SSSR count). The van der Waals surface area contributed by atoms with Gasteiger partial charge in [0.25, 0.3) is 0 Å². The summed E-state index contributed by atoms with van der Waals surface area (Å²) in [6.45, 7) is 9.77. The molecule has 0 atom stereocenters. The maximum Gasteiger partial charge on any atom is 0.340 e. The molecule has 0 aliphatic carbocycles. The molecule has 0 amide bonds. The number of carbonyl (C=O) groups excluding carboxylic acids is 1. The van der Waals surface area contributed by atoms with Gasteiger partial charge >= 0.3 is 5.97 Å². The Balaban J connectivity index is 2.45. The number of benzene rings is 1. The molecular weight excluding hydrogens is 300 g/mol. The molecule has 0 saturated carbocycles. The van der Waals surface area contributed by atoms with Crippen molar-refractivity contribution in [3.63, 3.8) is 0 Å². The Morgan fingerprint density at radius 3 is 2.77 bits per heavy atom. The molecule has 0 spiro atoms. The number of nitrogens with zero attached hydrogens (tertiary/aromatic N) is 2. The van der Waals surface area contributed by atoms with E-state index in [9.17, 15) is 4.79 Å². The third kappa shape index (κ3) is 3.07. The molecule has 0 bridgehead atoms. The number of ether oxygens (including phenoxy) is 1. The SMILES string of the molecule is C=CCOC(=O)c1cc(-n2nc(C)c(CC)c2C)ccc1Cl. The molecule has 2 aromatic rings. The first kappa shape index (κ1) is 16.3. The molecule has 0 N–H and O–H groups in total. The Hall–Kier alpha value is -2.07. The molecule has 0 aliphatic heterocycles. The van der Waals surface area contributed by atoms with Gasteiger partial charge in [0, 0.05) is 5.69 Å². The van der Waals surface area contributed by atoms with Crippen LogP contribution < -0.4 is 0 Å². The summed E-state index contributed by atoms with van der Waals surface area (Å²) in [5, 5.41) is 4.91. The standard InChI is InChI=1S/C17H19ClN2O2/c1-5-9-22-17(21)15-10-13(7-8-16(15)18)20-12(4)14(6-2)11(3)19-20/h5,7-8,10H,1,6,9H2,2-4H3. The number of hydrogen-bond donors (Lipinski definition) is 0. The molecular formula is C17H19ClN2O2. The molecule has 1 heterocycles. The predicted octanol–water partition coefficient (Wildman–Crippen LogP) is 4.05. The first-order valence-corrected chi connectivity index (χ1v) is 7.50. The first-order chi connectivity index (χ1) is 10.5. The Kier molecular flexibility index (Phi) is 5.03. The van der Waals surface area contributed by atoms with Crippen molar-refractivity contribution in [3.05, 3.63) is 58.4 Å². The van der Waals surface area contributed by atoms with Crippen LogP contribution in [0.3, 0.4) is 0 Å². The van der Waals surface area contributed by atoms with Gasteiger partial charge in [-0.15, -0.1) is 0 Å². The normalized spacial score (nSPS) is 10.5. The van der Waals surface area contributed by atoms with Crippen molar-refractivity contribution in [1.82, 2.24) is 9.78 Å². The van der Waals surface area contributed by atoms with Gasteiger partial charge in [-0.05, 0) is 44.0 Å². The van der Waals surface area contributed by atoms with Gasteiger partial charge in [-0.1, -0.05) is 31.2 Å². The van der Waals surface area contributed by atoms with E-state index in [1.54, 1.807) is 12.1 Å². The van der Waals surface area contributed by atoms with E-state index in [0.29, 0.717) is 10.6 Å². The number of esters is 1. The topological polar surface area (TPSA) is 44.1 Å². The minimum Gasteiger partial charge on any atom is -0.458 e. The number of halogens is 1. The number of carbonyl (C=O) groups is 1. The van der Waals surface area contributed by atoms with E-state index in [2.05, 4.69) is 18.6 Å². The van der Waals surface area contributed by atoms with Crippen LogP contribution in [0.1, 0.15) is 34.2 Å².